The predicted molar refractivity (Wildman–Crippen MR) is 115 cm³/mol. The molecule has 1 N–H and O–H groups in total. The van der Waals surface area contributed by atoms with E-state index >= 15 is 0 Å². The van der Waals surface area contributed by atoms with E-state index in [1.165, 1.54) is 5.69 Å². The van der Waals surface area contributed by atoms with E-state index in [9.17, 15) is 4.79 Å². The van der Waals surface area contributed by atoms with E-state index in [1.54, 1.807) is 0 Å². The highest BCUT2D eigenvalue weighted by molar-refractivity contribution is 5.94. The predicted octanol–water partition coefficient (Wildman–Crippen LogP) is 3.10. The molecule has 0 saturated heterocycles. The molecule has 0 unspecified atom stereocenters. The minimum absolute atomic E-state index is 0.0793. The summed E-state index contributed by atoms with van der Waals surface area (Å²) < 4.78 is 2.12. The molecule has 1 amide bonds. The minimum Gasteiger partial charge on any atom is -0.357 e. The average Bonchev–Trinajstić information content (AvgIpc) is 3.10. The zero-order valence-electron chi connectivity index (χ0n) is 17.8. The van der Waals surface area contributed by atoms with E-state index in [0.717, 1.165) is 43.3 Å². The second kappa shape index (κ2) is 10.5. The summed E-state index contributed by atoms with van der Waals surface area (Å²) in [6.07, 6.45) is 2.05. The summed E-state index contributed by atoms with van der Waals surface area (Å²) in [5.74, 6) is 0.947. The summed E-state index contributed by atoms with van der Waals surface area (Å²) in [7, 11) is 4.09. The van der Waals surface area contributed by atoms with Crippen molar-refractivity contribution in [3.8, 4) is 0 Å². The van der Waals surface area contributed by atoms with E-state index in [-0.39, 0.29) is 5.91 Å². The second-order valence-corrected chi connectivity index (χ2v) is 6.81. The smallest absolute Gasteiger partial charge is 0.253 e. The Balaban J connectivity index is 2.05. The number of benzene rings is 1. The lowest BCUT2D eigenvalue weighted by Gasteiger charge is -2.22. The SMILES string of the molecule is CCNC(=NCc1ccc(C(=O)N(CC)CC)cc1)N(C)Cc1cccn1C. The van der Waals surface area contributed by atoms with Gasteiger partial charge in [-0.1, -0.05) is 12.1 Å². The molecule has 1 heterocycles. The molecule has 0 radical (unpaired) electrons. The third-order valence-electron chi connectivity index (χ3n) is 4.81. The van der Waals surface area contributed by atoms with E-state index in [1.807, 2.05) is 69.4 Å². The summed E-state index contributed by atoms with van der Waals surface area (Å²) in [6, 6.07) is 11.9. The van der Waals surface area contributed by atoms with Crippen LogP contribution in [0.3, 0.4) is 0 Å². The van der Waals surface area contributed by atoms with E-state index < -0.39 is 0 Å². The summed E-state index contributed by atoms with van der Waals surface area (Å²) in [6.45, 7) is 9.68. The average molecular weight is 384 g/mol. The first-order valence-corrected chi connectivity index (χ1v) is 9.97. The first kappa shape index (κ1) is 21.5. The highest BCUT2D eigenvalue weighted by Gasteiger charge is 2.12. The van der Waals surface area contributed by atoms with Crippen molar-refractivity contribution in [3.05, 3.63) is 59.4 Å². The van der Waals surface area contributed by atoms with Gasteiger partial charge >= 0.3 is 0 Å². The molecule has 0 bridgehead atoms. The van der Waals surface area contributed by atoms with Crippen LogP contribution in [0.1, 0.15) is 42.4 Å². The normalized spacial score (nSPS) is 11.4. The van der Waals surface area contributed by atoms with Crippen LogP contribution in [0.5, 0.6) is 0 Å². The number of nitrogens with zero attached hydrogens (tertiary/aromatic N) is 4. The Morgan fingerprint density at radius 2 is 1.79 bits per heavy atom. The molecule has 2 rings (SSSR count). The molecule has 0 fully saturated rings. The summed E-state index contributed by atoms with van der Waals surface area (Å²) in [5.41, 5.74) is 3.04. The Morgan fingerprint density at radius 1 is 1.11 bits per heavy atom. The molecule has 0 spiro atoms. The van der Waals surface area contributed by atoms with Crippen LogP contribution in [0.25, 0.3) is 0 Å². The molecule has 6 heteroatoms. The lowest BCUT2D eigenvalue weighted by atomic mass is 10.1. The van der Waals surface area contributed by atoms with Gasteiger partial charge in [0.25, 0.3) is 5.91 Å². The van der Waals surface area contributed by atoms with E-state index in [0.29, 0.717) is 6.54 Å². The van der Waals surface area contributed by atoms with Crippen molar-refractivity contribution in [2.45, 2.75) is 33.9 Å². The maximum Gasteiger partial charge on any atom is 0.253 e. The standard InChI is InChI=1S/C22H33N5O/c1-6-23-22(26(5)17-20-10-9-15-25(20)4)24-16-18-11-13-19(14-12-18)21(28)27(7-2)8-3/h9-15H,6-8,16-17H2,1-5H3,(H,23,24). The molecule has 0 saturated carbocycles. The minimum atomic E-state index is 0.0793. The molecular formula is C22H33N5O. The number of aryl methyl sites for hydroxylation is 1. The molecule has 2 aromatic rings. The van der Waals surface area contributed by atoms with Gasteiger partial charge in [-0.25, -0.2) is 4.99 Å². The van der Waals surface area contributed by atoms with Crippen LogP contribution in [-0.4, -0.2) is 52.9 Å². The van der Waals surface area contributed by atoms with Crippen LogP contribution < -0.4 is 5.32 Å². The van der Waals surface area contributed by atoms with Crippen molar-refractivity contribution in [3.63, 3.8) is 0 Å². The van der Waals surface area contributed by atoms with Gasteiger partial charge in [-0.15, -0.1) is 0 Å². The molecule has 0 aliphatic rings. The van der Waals surface area contributed by atoms with Gasteiger partial charge in [0.2, 0.25) is 0 Å². The molecule has 0 atom stereocenters. The van der Waals surface area contributed by atoms with Crippen molar-refractivity contribution in [2.75, 3.05) is 26.7 Å². The number of aromatic nitrogens is 1. The zero-order valence-corrected chi connectivity index (χ0v) is 17.8. The van der Waals surface area contributed by atoms with Crippen LogP contribution in [-0.2, 0) is 20.1 Å². The van der Waals surface area contributed by atoms with Gasteiger partial charge in [-0.2, -0.15) is 0 Å². The third-order valence-corrected chi connectivity index (χ3v) is 4.81. The van der Waals surface area contributed by atoms with Crippen LogP contribution in [0.4, 0.5) is 0 Å². The number of guanidine groups is 1. The van der Waals surface area contributed by atoms with Crippen molar-refractivity contribution >= 4 is 11.9 Å². The summed E-state index contributed by atoms with van der Waals surface area (Å²) in [4.78, 5) is 21.1. The number of nitrogens with one attached hydrogen (secondary N) is 1. The lowest BCUT2D eigenvalue weighted by Crippen LogP contribution is -2.38. The van der Waals surface area contributed by atoms with E-state index in [4.69, 9.17) is 4.99 Å². The second-order valence-electron chi connectivity index (χ2n) is 6.81. The molecule has 0 aliphatic carbocycles. The van der Waals surface area contributed by atoms with Crippen LogP contribution in [0.2, 0.25) is 0 Å². The fourth-order valence-electron chi connectivity index (χ4n) is 3.06. The van der Waals surface area contributed by atoms with Gasteiger partial charge in [0.1, 0.15) is 0 Å². The largest absolute Gasteiger partial charge is 0.357 e. The van der Waals surface area contributed by atoms with Crippen LogP contribution >= 0.6 is 0 Å². The first-order valence-electron chi connectivity index (χ1n) is 9.97. The maximum absolute atomic E-state index is 12.4. The van der Waals surface area contributed by atoms with Crippen LogP contribution in [0.15, 0.2) is 47.6 Å². The number of hydrogen-bond donors (Lipinski definition) is 1. The van der Waals surface area contributed by atoms with Crippen molar-refractivity contribution in [2.24, 2.45) is 12.0 Å². The quantitative estimate of drug-likeness (QED) is 0.563. The molecule has 1 aromatic carbocycles. The fourth-order valence-corrected chi connectivity index (χ4v) is 3.06. The van der Waals surface area contributed by atoms with Gasteiger partial charge in [-0.05, 0) is 50.6 Å². The monoisotopic (exact) mass is 383 g/mol. The highest BCUT2D eigenvalue weighted by atomic mass is 16.2. The van der Waals surface area contributed by atoms with Gasteiger partial charge in [0, 0.05) is 51.2 Å². The molecule has 28 heavy (non-hydrogen) atoms. The Morgan fingerprint density at radius 3 is 2.32 bits per heavy atom. The van der Waals surface area contributed by atoms with Gasteiger partial charge in [0.15, 0.2) is 5.96 Å². The summed E-state index contributed by atoms with van der Waals surface area (Å²) in [5, 5.41) is 3.35. The maximum atomic E-state index is 12.4. The Kier molecular flexibility index (Phi) is 8.11. The van der Waals surface area contributed by atoms with Gasteiger partial charge in [0.05, 0.1) is 13.1 Å². The van der Waals surface area contributed by atoms with Gasteiger partial charge < -0.3 is 19.7 Å². The highest BCUT2D eigenvalue weighted by Crippen LogP contribution is 2.10. The first-order chi connectivity index (χ1) is 13.5. The number of amides is 1. The third kappa shape index (κ3) is 5.62. The Hall–Kier alpha value is -2.76. The number of hydrogen-bond acceptors (Lipinski definition) is 2. The molecule has 0 aliphatic heterocycles. The van der Waals surface area contributed by atoms with Crippen molar-refractivity contribution < 1.29 is 4.79 Å². The lowest BCUT2D eigenvalue weighted by molar-refractivity contribution is 0.0773. The Labute approximate surface area is 168 Å². The Bertz CT molecular complexity index is 774. The zero-order chi connectivity index (χ0) is 20.5. The summed E-state index contributed by atoms with van der Waals surface area (Å²) >= 11 is 0. The van der Waals surface area contributed by atoms with Crippen LogP contribution in [0, 0.1) is 0 Å². The van der Waals surface area contributed by atoms with E-state index in [2.05, 4.69) is 27.8 Å². The molecule has 6 nitrogen and oxygen atoms in total. The number of carbonyl (C=O) groups excluding carboxylic acids is 1. The number of aliphatic imine (C=N–C) groups is 1. The topological polar surface area (TPSA) is 52.9 Å². The molecule has 1 aromatic heterocycles. The molecular weight excluding hydrogens is 350 g/mol. The fraction of sp³-hybridized carbons (Fsp3) is 0.455. The van der Waals surface area contributed by atoms with Crippen molar-refractivity contribution in [1.82, 2.24) is 19.7 Å². The van der Waals surface area contributed by atoms with Gasteiger partial charge in [-0.3, -0.25) is 4.79 Å². The number of carbonyl (C=O) groups is 1. The number of rotatable bonds is 8. The molecule has 152 valence electrons. The van der Waals surface area contributed by atoms with Crippen molar-refractivity contribution in [1.29, 1.82) is 0 Å².